The van der Waals surface area contributed by atoms with Gasteiger partial charge in [0.05, 0.1) is 11.5 Å². The molecule has 1 saturated heterocycles. The monoisotopic (exact) mass is 264 g/mol. The van der Waals surface area contributed by atoms with Crippen molar-refractivity contribution in [1.29, 1.82) is 0 Å². The number of hydrogen-bond donors (Lipinski definition) is 1. The van der Waals surface area contributed by atoms with Gasteiger partial charge in [0.25, 0.3) is 5.69 Å². The summed E-state index contributed by atoms with van der Waals surface area (Å²) in [6.07, 6.45) is 2.25. The molecule has 0 aliphatic carbocycles. The number of aryl methyl sites for hydroxylation is 2. The standard InChI is InChI=1S/C14H20N2O3/c1-10-6-11(2)14(16(17)18)7-13(10)15-8-12-4-3-5-19-9-12/h6-7,12,15H,3-5,8-9H2,1-2H3. The summed E-state index contributed by atoms with van der Waals surface area (Å²) in [4.78, 5) is 10.6. The van der Waals surface area contributed by atoms with Crippen LogP contribution in [0.25, 0.3) is 0 Å². The van der Waals surface area contributed by atoms with Crippen LogP contribution in [0, 0.1) is 29.9 Å². The quantitative estimate of drug-likeness (QED) is 0.670. The summed E-state index contributed by atoms with van der Waals surface area (Å²) >= 11 is 0. The average Bonchev–Trinajstić information content (AvgIpc) is 2.38. The number of nitrogens with zero attached hydrogens (tertiary/aromatic N) is 1. The zero-order valence-corrected chi connectivity index (χ0v) is 11.4. The van der Waals surface area contributed by atoms with E-state index in [1.165, 1.54) is 0 Å². The highest BCUT2D eigenvalue weighted by molar-refractivity contribution is 5.60. The zero-order valence-electron chi connectivity index (χ0n) is 11.4. The first-order valence-corrected chi connectivity index (χ1v) is 6.65. The Morgan fingerprint density at radius 3 is 2.84 bits per heavy atom. The summed E-state index contributed by atoms with van der Waals surface area (Å²) in [5.74, 6) is 0.494. The molecule has 0 aromatic heterocycles. The molecule has 0 saturated carbocycles. The van der Waals surface area contributed by atoms with E-state index < -0.39 is 0 Å². The maximum atomic E-state index is 10.9. The highest BCUT2D eigenvalue weighted by Gasteiger charge is 2.16. The Balaban J connectivity index is 2.06. The predicted octanol–water partition coefficient (Wildman–Crippen LogP) is 3.05. The number of anilines is 1. The van der Waals surface area contributed by atoms with Crippen molar-refractivity contribution in [2.75, 3.05) is 25.1 Å². The largest absolute Gasteiger partial charge is 0.384 e. The third-order valence-corrected chi connectivity index (χ3v) is 3.58. The molecule has 0 spiro atoms. The lowest BCUT2D eigenvalue weighted by molar-refractivity contribution is -0.385. The van der Waals surface area contributed by atoms with Gasteiger partial charge in [-0.2, -0.15) is 0 Å². The minimum atomic E-state index is -0.330. The van der Waals surface area contributed by atoms with E-state index in [4.69, 9.17) is 4.74 Å². The van der Waals surface area contributed by atoms with E-state index in [-0.39, 0.29) is 10.6 Å². The van der Waals surface area contributed by atoms with Gasteiger partial charge in [-0.25, -0.2) is 0 Å². The smallest absolute Gasteiger partial charge is 0.274 e. The lowest BCUT2D eigenvalue weighted by Gasteiger charge is -2.23. The lowest BCUT2D eigenvalue weighted by Crippen LogP contribution is -2.24. The highest BCUT2D eigenvalue weighted by Crippen LogP contribution is 2.26. The number of nitro benzene ring substituents is 1. The normalized spacial score (nSPS) is 19.2. The SMILES string of the molecule is Cc1cc(C)c([N+](=O)[O-])cc1NCC1CCCOC1. The van der Waals surface area contributed by atoms with Gasteiger partial charge < -0.3 is 10.1 Å². The average molecular weight is 264 g/mol. The van der Waals surface area contributed by atoms with Crippen LogP contribution in [-0.4, -0.2) is 24.7 Å². The Morgan fingerprint density at radius 1 is 1.42 bits per heavy atom. The van der Waals surface area contributed by atoms with Crippen LogP contribution < -0.4 is 5.32 Å². The van der Waals surface area contributed by atoms with Crippen molar-refractivity contribution in [1.82, 2.24) is 0 Å². The first-order valence-electron chi connectivity index (χ1n) is 6.65. The number of nitro groups is 1. The molecule has 1 N–H and O–H groups in total. The van der Waals surface area contributed by atoms with Gasteiger partial charge >= 0.3 is 0 Å². The van der Waals surface area contributed by atoms with Crippen molar-refractivity contribution in [2.24, 2.45) is 5.92 Å². The van der Waals surface area contributed by atoms with Gasteiger partial charge in [-0.15, -0.1) is 0 Å². The maximum absolute atomic E-state index is 10.9. The molecule has 1 aliphatic rings. The maximum Gasteiger partial charge on any atom is 0.274 e. The van der Waals surface area contributed by atoms with E-state index >= 15 is 0 Å². The Bertz CT molecular complexity index is 468. The summed E-state index contributed by atoms with van der Waals surface area (Å²) in [6.45, 7) is 6.17. The first-order chi connectivity index (χ1) is 9.08. The Labute approximate surface area is 113 Å². The van der Waals surface area contributed by atoms with Crippen molar-refractivity contribution < 1.29 is 9.66 Å². The molecule has 0 radical (unpaired) electrons. The van der Waals surface area contributed by atoms with Crippen LogP contribution in [0.3, 0.4) is 0 Å². The molecular weight excluding hydrogens is 244 g/mol. The molecule has 1 fully saturated rings. The number of ether oxygens (including phenoxy) is 1. The number of benzene rings is 1. The summed E-state index contributed by atoms with van der Waals surface area (Å²) in [5.41, 5.74) is 2.77. The fraction of sp³-hybridized carbons (Fsp3) is 0.571. The topological polar surface area (TPSA) is 64.4 Å². The van der Waals surface area contributed by atoms with Crippen LogP contribution in [0.5, 0.6) is 0 Å². The van der Waals surface area contributed by atoms with E-state index in [9.17, 15) is 10.1 Å². The van der Waals surface area contributed by atoms with Crippen LogP contribution in [0.2, 0.25) is 0 Å². The molecular formula is C14H20N2O3. The van der Waals surface area contributed by atoms with Crippen LogP contribution in [0.15, 0.2) is 12.1 Å². The van der Waals surface area contributed by atoms with E-state index in [2.05, 4.69) is 5.32 Å². The molecule has 5 nitrogen and oxygen atoms in total. The summed E-state index contributed by atoms with van der Waals surface area (Å²) in [6, 6.07) is 3.49. The molecule has 5 heteroatoms. The molecule has 0 amide bonds. The third kappa shape index (κ3) is 3.44. The van der Waals surface area contributed by atoms with Crippen LogP contribution in [-0.2, 0) is 4.74 Å². The second-order valence-electron chi connectivity index (χ2n) is 5.17. The Morgan fingerprint density at radius 2 is 2.21 bits per heavy atom. The second-order valence-corrected chi connectivity index (χ2v) is 5.17. The molecule has 1 aromatic carbocycles. The fourth-order valence-corrected chi connectivity index (χ4v) is 2.45. The van der Waals surface area contributed by atoms with E-state index in [0.717, 1.165) is 43.9 Å². The molecule has 1 atom stereocenters. The summed E-state index contributed by atoms with van der Waals surface area (Å²) in [7, 11) is 0. The fourth-order valence-electron chi connectivity index (χ4n) is 2.45. The Hall–Kier alpha value is -1.62. The molecule has 0 bridgehead atoms. The lowest BCUT2D eigenvalue weighted by atomic mass is 10.0. The molecule has 1 aliphatic heterocycles. The molecule has 2 rings (SSSR count). The Kier molecular flexibility index (Phi) is 4.37. The van der Waals surface area contributed by atoms with Crippen molar-refractivity contribution in [2.45, 2.75) is 26.7 Å². The van der Waals surface area contributed by atoms with Crippen molar-refractivity contribution >= 4 is 11.4 Å². The van der Waals surface area contributed by atoms with Crippen LogP contribution in [0.1, 0.15) is 24.0 Å². The second kappa shape index (κ2) is 6.02. The van der Waals surface area contributed by atoms with Crippen molar-refractivity contribution in [3.8, 4) is 0 Å². The van der Waals surface area contributed by atoms with Crippen LogP contribution >= 0.6 is 0 Å². The van der Waals surface area contributed by atoms with E-state index in [1.54, 1.807) is 13.0 Å². The third-order valence-electron chi connectivity index (χ3n) is 3.58. The van der Waals surface area contributed by atoms with Gasteiger partial charge in [0.1, 0.15) is 0 Å². The molecule has 1 aromatic rings. The summed E-state index contributed by atoms with van der Waals surface area (Å²) in [5, 5.41) is 14.3. The zero-order chi connectivity index (χ0) is 13.8. The summed E-state index contributed by atoms with van der Waals surface area (Å²) < 4.78 is 5.43. The van der Waals surface area contributed by atoms with Gasteiger partial charge in [0.2, 0.25) is 0 Å². The van der Waals surface area contributed by atoms with Crippen molar-refractivity contribution in [3.05, 3.63) is 33.4 Å². The molecule has 19 heavy (non-hydrogen) atoms. The van der Waals surface area contributed by atoms with E-state index in [0.29, 0.717) is 11.5 Å². The molecule has 1 unspecified atom stereocenters. The van der Waals surface area contributed by atoms with Gasteiger partial charge in [-0.3, -0.25) is 10.1 Å². The molecule has 1 heterocycles. The predicted molar refractivity (Wildman–Crippen MR) is 74.6 cm³/mol. The minimum Gasteiger partial charge on any atom is -0.384 e. The first kappa shape index (κ1) is 13.8. The van der Waals surface area contributed by atoms with Crippen LogP contribution in [0.4, 0.5) is 11.4 Å². The van der Waals surface area contributed by atoms with Gasteiger partial charge in [-0.1, -0.05) is 0 Å². The van der Waals surface area contributed by atoms with Gasteiger partial charge in [0.15, 0.2) is 0 Å². The minimum absolute atomic E-state index is 0.174. The molecule has 104 valence electrons. The highest BCUT2D eigenvalue weighted by atomic mass is 16.6. The number of hydrogen-bond acceptors (Lipinski definition) is 4. The van der Waals surface area contributed by atoms with Gasteiger partial charge in [-0.05, 0) is 44.2 Å². The van der Waals surface area contributed by atoms with Gasteiger partial charge in [0, 0.05) is 30.5 Å². The van der Waals surface area contributed by atoms with E-state index in [1.807, 2.05) is 13.0 Å². The van der Waals surface area contributed by atoms with Crippen molar-refractivity contribution in [3.63, 3.8) is 0 Å². The number of nitrogens with one attached hydrogen (secondary N) is 1. The number of rotatable bonds is 4.